The zero-order valence-electron chi connectivity index (χ0n) is 12.0. The summed E-state index contributed by atoms with van der Waals surface area (Å²) in [7, 11) is -3.67. The molecule has 0 saturated carbocycles. The molecule has 2 aliphatic heterocycles. The van der Waals surface area contributed by atoms with E-state index in [9.17, 15) is 27.1 Å². The first-order valence-electron chi connectivity index (χ1n) is 6.80. The highest BCUT2D eigenvalue weighted by Gasteiger charge is 2.51. The summed E-state index contributed by atoms with van der Waals surface area (Å²) in [4.78, 5) is 12.3. The molecule has 1 saturated heterocycles. The van der Waals surface area contributed by atoms with Crippen LogP contribution in [0.15, 0.2) is 29.8 Å². The minimum atomic E-state index is -3.67. The maximum absolute atomic E-state index is 13.4. The van der Waals surface area contributed by atoms with Crippen LogP contribution in [0, 0.1) is 11.6 Å². The second-order valence-corrected chi connectivity index (χ2v) is 7.50. The number of aliphatic hydroxyl groups is 1. The Hall–Kier alpha value is -2.16. The molecule has 0 amide bonds. The molecule has 1 aromatic rings. The highest BCUT2D eigenvalue weighted by atomic mass is 32.2. The fraction of sp³-hybridized carbons (Fsp3) is 0.357. The van der Waals surface area contributed by atoms with Gasteiger partial charge < -0.3 is 9.84 Å². The number of benzene rings is 1. The fourth-order valence-corrected chi connectivity index (χ4v) is 4.13. The SMILES string of the molecule is CC1(c2ccc(F)c(F)c2)OC(N2CCCS2(=O)=O)=C(O)C1=O. The van der Waals surface area contributed by atoms with Crippen LogP contribution in [0.3, 0.4) is 0 Å². The van der Waals surface area contributed by atoms with E-state index in [1.54, 1.807) is 0 Å². The van der Waals surface area contributed by atoms with Crippen LogP contribution in [0.5, 0.6) is 0 Å². The molecule has 6 nitrogen and oxygen atoms in total. The number of carbonyl (C=O) groups excluding carboxylic acids is 1. The maximum atomic E-state index is 13.4. The third-order valence-corrected chi connectivity index (χ3v) is 5.77. The van der Waals surface area contributed by atoms with Gasteiger partial charge in [0.15, 0.2) is 17.2 Å². The summed E-state index contributed by atoms with van der Waals surface area (Å²) in [5.74, 6) is -4.63. The van der Waals surface area contributed by atoms with Crippen molar-refractivity contribution >= 4 is 15.8 Å². The average Bonchev–Trinajstić information content (AvgIpc) is 2.94. The van der Waals surface area contributed by atoms with Gasteiger partial charge in [-0.15, -0.1) is 0 Å². The Morgan fingerprint density at radius 1 is 1.30 bits per heavy atom. The van der Waals surface area contributed by atoms with Crippen molar-refractivity contribution < 1.29 is 31.8 Å². The van der Waals surface area contributed by atoms with E-state index in [2.05, 4.69) is 0 Å². The van der Waals surface area contributed by atoms with Crippen molar-refractivity contribution in [1.29, 1.82) is 0 Å². The van der Waals surface area contributed by atoms with Crippen LogP contribution >= 0.6 is 0 Å². The number of rotatable bonds is 2. The van der Waals surface area contributed by atoms with Crippen molar-refractivity contribution in [3.05, 3.63) is 47.0 Å². The van der Waals surface area contributed by atoms with E-state index in [0.717, 1.165) is 22.5 Å². The number of ketones is 1. The number of halogens is 2. The van der Waals surface area contributed by atoms with Gasteiger partial charge in [0.1, 0.15) is 0 Å². The fourth-order valence-electron chi connectivity index (χ4n) is 2.63. The highest BCUT2D eigenvalue weighted by molar-refractivity contribution is 7.89. The van der Waals surface area contributed by atoms with E-state index >= 15 is 0 Å². The van der Waals surface area contributed by atoms with E-state index in [1.165, 1.54) is 6.92 Å². The molecule has 0 aromatic heterocycles. The zero-order chi connectivity index (χ0) is 17.0. The molecule has 0 bridgehead atoms. The Kier molecular flexibility index (Phi) is 3.36. The summed E-state index contributed by atoms with van der Waals surface area (Å²) in [6, 6.07) is 2.75. The summed E-state index contributed by atoms with van der Waals surface area (Å²) in [6.07, 6.45) is 0.332. The minimum Gasteiger partial charge on any atom is -0.501 e. The van der Waals surface area contributed by atoms with Crippen LogP contribution in [0.2, 0.25) is 0 Å². The van der Waals surface area contributed by atoms with E-state index < -0.39 is 44.7 Å². The maximum Gasteiger partial charge on any atom is 0.252 e. The van der Waals surface area contributed by atoms with Gasteiger partial charge in [-0.3, -0.25) is 4.79 Å². The summed E-state index contributed by atoms with van der Waals surface area (Å²) >= 11 is 0. The van der Waals surface area contributed by atoms with Crippen LogP contribution < -0.4 is 0 Å². The number of nitrogens with zero attached hydrogens (tertiary/aromatic N) is 1. The minimum absolute atomic E-state index is 0.0282. The molecule has 1 unspecified atom stereocenters. The number of aliphatic hydroxyl groups excluding tert-OH is 1. The van der Waals surface area contributed by atoms with E-state index in [1.807, 2.05) is 0 Å². The summed E-state index contributed by atoms with van der Waals surface area (Å²) in [6.45, 7) is 1.33. The molecule has 0 radical (unpaired) electrons. The number of Topliss-reactive ketones (excluding diaryl/α,β-unsaturated/α-hetero) is 1. The Bertz CT molecular complexity index is 836. The highest BCUT2D eigenvalue weighted by Crippen LogP contribution is 2.41. The van der Waals surface area contributed by atoms with Crippen LogP contribution in [0.1, 0.15) is 18.9 Å². The lowest BCUT2D eigenvalue weighted by molar-refractivity contribution is -0.132. The van der Waals surface area contributed by atoms with Crippen LogP contribution in [0.4, 0.5) is 8.78 Å². The standard InChI is InChI=1S/C14H13F2NO5S/c1-14(8-3-4-9(15)10(16)7-8)12(19)11(18)13(22-14)17-5-2-6-23(17,20)21/h3-4,7,18H,2,5-6H2,1H3. The topological polar surface area (TPSA) is 83.9 Å². The number of ether oxygens (including phenoxy) is 1. The third kappa shape index (κ3) is 2.26. The van der Waals surface area contributed by atoms with E-state index in [-0.39, 0.29) is 17.9 Å². The molecule has 2 heterocycles. The second kappa shape index (κ2) is 4.92. The Morgan fingerprint density at radius 3 is 2.57 bits per heavy atom. The number of hydrogen-bond acceptors (Lipinski definition) is 5. The van der Waals surface area contributed by atoms with Crippen molar-refractivity contribution in [2.45, 2.75) is 18.9 Å². The van der Waals surface area contributed by atoms with Crippen molar-refractivity contribution in [3.8, 4) is 0 Å². The summed E-state index contributed by atoms with van der Waals surface area (Å²) in [5, 5.41) is 10.0. The van der Waals surface area contributed by atoms with Crippen molar-refractivity contribution in [3.63, 3.8) is 0 Å². The molecule has 0 spiro atoms. The van der Waals surface area contributed by atoms with Gasteiger partial charge in [-0.1, -0.05) is 6.07 Å². The van der Waals surface area contributed by atoms with Gasteiger partial charge in [0.25, 0.3) is 11.7 Å². The quantitative estimate of drug-likeness (QED) is 0.879. The molecular formula is C14H13F2NO5S. The van der Waals surface area contributed by atoms with Gasteiger partial charge in [0.05, 0.1) is 5.75 Å². The van der Waals surface area contributed by atoms with Crippen LogP contribution in [-0.4, -0.2) is 35.9 Å². The van der Waals surface area contributed by atoms with Gasteiger partial charge >= 0.3 is 0 Å². The zero-order valence-corrected chi connectivity index (χ0v) is 12.9. The lowest BCUT2D eigenvalue weighted by Gasteiger charge is -2.26. The largest absolute Gasteiger partial charge is 0.501 e. The molecule has 1 N–H and O–H groups in total. The van der Waals surface area contributed by atoms with Gasteiger partial charge in [-0.2, -0.15) is 0 Å². The third-order valence-electron chi connectivity index (χ3n) is 3.95. The molecule has 1 aromatic carbocycles. The number of hydrogen-bond donors (Lipinski definition) is 1. The first-order valence-corrected chi connectivity index (χ1v) is 8.41. The van der Waals surface area contributed by atoms with Crippen LogP contribution in [-0.2, 0) is 25.2 Å². The first-order chi connectivity index (χ1) is 10.7. The Balaban J connectivity index is 2.02. The van der Waals surface area contributed by atoms with Gasteiger partial charge in [-0.25, -0.2) is 21.5 Å². The number of carbonyl (C=O) groups is 1. The Morgan fingerprint density at radius 2 is 2.00 bits per heavy atom. The average molecular weight is 345 g/mol. The first kappa shape index (κ1) is 15.7. The van der Waals surface area contributed by atoms with Crippen molar-refractivity contribution in [1.82, 2.24) is 4.31 Å². The lowest BCUT2D eigenvalue weighted by Crippen LogP contribution is -2.33. The van der Waals surface area contributed by atoms with Gasteiger partial charge in [-0.05, 0) is 25.5 Å². The van der Waals surface area contributed by atoms with E-state index in [4.69, 9.17) is 4.74 Å². The normalized spacial score (nSPS) is 26.7. The molecule has 0 aliphatic carbocycles. The predicted molar refractivity (Wildman–Crippen MR) is 74.6 cm³/mol. The van der Waals surface area contributed by atoms with E-state index in [0.29, 0.717) is 6.42 Å². The van der Waals surface area contributed by atoms with Crippen molar-refractivity contribution in [2.24, 2.45) is 0 Å². The predicted octanol–water partition coefficient (Wildman–Crippen LogP) is 1.54. The molecule has 2 aliphatic rings. The summed E-state index contributed by atoms with van der Waals surface area (Å²) in [5.41, 5.74) is -1.86. The summed E-state index contributed by atoms with van der Waals surface area (Å²) < 4.78 is 56.6. The van der Waals surface area contributed by atoms with Crippen molar-refractivity contribution in [2.75, 3.05) is 12.3 Å². The second-order valence-electron chi connectivity index (χ2n) is 5.49. The molecule has 3 rings (SSSR count). The Labute approximate surface area is 131 Å². The molecule has 9 heteroatoms. The molecular weight excluding hydrogens is 332 g/mol. The lowest BCUT2D eigenvalue weighted by atomic mass is 9.91. The smallest absolute Gasteiger partial charge is 0.252 e. The van der Waals surface area contributed by atoms with Gasteiger partial charge in [0.2, 0.25) is 15.8 Å². The number of sulfonamides is 1. The van der Waals surface area contributed by atoms with Gasteiger partial charge in [0, 0.05) is 12.1 Å². The molecule has 1 fully saturated rings. The molecule has 124 valence electrons. The molecule has 1 atom stereocenters. The van der Waals surface area contributed by atoms with Crippen LogP contribution in [0.25, 0.3) is 0 Å². The monoisotopic (exact) mass is 345 g/mol. The molecule has 23 heavy (non-hydrogen) atoms.